The highest BCUT2D eigenvalue weighted by molar-refractivity contribution is 5.89. The van der Waals surface area contributed by atoms with Crippen molar-refractivity contribution in [1.82, 2.24) is 0 Å². The maximum absolute atomic E-state index is 11.4. The topological polar surface area (TPSA) is 88.1 Å². The smallest absolute Gasteiger partial charge is 0.424 e. The molecular weight excluding hydrogens is 280 g/mol. The van der Waals surface area contributed by atoms with Gasteiger partial charge in [0.25, 0.3) is 0 Å². The average molecular weight is 298 g/mol. The number of benzene rings is 1. The van der Waals surface area contributed by atoms with E-state index in [1.54, 1.807) is 30.3 Å². The van der Waals surface area contributed by atoms with Crippen LogP contribution in [-0.2, 0) is 23.7 Å². The van der Waals surface area contributed by atoms with Gasteiger partial charge in [0.2, 0.25) is 6.79 Å². The quantitative estimate of drug-likeness (QED) is 0.608. The largest absolute Gasteiger partial charge is 0.513 e. The van der Waals surface area contributed by atoms with Gasteiger partial charge < -0.3 is 23.7 Å². The van der Waals surface area contributed by atoms with Gasteiger partial charge in [-0.15, -0.1) is 0 Å². The monoisotopic (exact) mass is 298 g/mol. The zero-order valence-electron chi connectivity index (χ0n) is 12.2. The van der Waals surface area contributed by atoms with Crippen LogP contribution in [0.3, 0.4) is 0 Å². The van der Waals surface area contributed by atoms with Crippen LogP contribution in [0.15, 0.2) is 30.3 Å². The molecule has 0 aliphatic heterocycles. The van der Waals surface area contributed by atoms with E-state index in [0.29, 0.717) is 5.56 Å². The Kier molecular flexibility index (Phi) is 10.1. The lowest BCUT2D eigenvalue weighted by Crippen LogP contribution is -2.14. The van der Waals surface area contributed by atoms with E-state index in [2.05, 4.69) is 18.9 Å². The van der Waals surface area contributed by atoms with Crippen LogP contribution in [0, 0.1) is 0 Å². The summed E-state index contributed by atoms with van der Waals surface area (Å²) in [6, 6.07) is 8.35. The summed E-state index contributed by atoms with van der Waals surface area (Å²) in [6.07, 6.45) is -0.965. The van der Waals surface area contributed by atoms with E-state index in [1.807, 2.05) is 0 Å². The van der Waals surface area contributed by atoms with Gasteiger partial charge in [-0.1, -0.05) is 18.2 Å². The van der Waals surface area contributed by atoms with Gasteiger partial charge in [-0.25, -0.2) is 9.59 Å². The summed E-state index contributed by atoms with van der Waals surface area (Å²) in [4.78, 5) is 31.6. The Balaban J connectivity index is 0.000000885. The molecule has 7 nitrogen and oxygen atoms in total. The molecule has 116 valence electrons. The molecule has 0 fully saturated rings. The van der Waals surface area contributed by atoms with Gasteiger partial charge in [-0.05, 0) is 26.0 Å². The van der Waals surface area contributed by atoms with Crippen molar-refractivity contribution < 1.29 is 33.3 Å². The molecule has 0 N–H and O–H groups in total. The van der Waals surface area contributed by atoms with Crippen LogP contribution in [0.1, 0.15) is 24.2 Å². The van der Waals surface area contributed by atoms with E-state index in [0.717, 1.165) is 0 Å². The van der Waals surface area contributed by atoms with E-state index >= 15 is 0 Å². The van der Waals surface area contributed by atoms with Crippen LogP contribution in [0.5, 0.6) is 0 Å². The summed E-state index contributed by atoms with van der Waals surface area (Å²) in [6.45, 7) is 2.34. The fraction of sp³-hybridized carbons (Fsp3) is 0.357. The zero-order valence-corrected chi connectivity index (χ0v) is 12.2. The summed E-state index contributed by atoms with van der Waals surface area (Å²) in [5.74, 6) is -0.412. The first kappa shape index (κ1) is 18.6. The summed E-state index contributed by atoms with van der Waals surface area (Å²) in [7, 11) is 1.36. The highest BCUT2D eigenvalue weighted by Gasteiger charge is 2.08. The number of Topliss-reactive ketones (excluding diaryl/α,β-unsaturated/α-hetero) is 1. The third-order valence-corrected chi connectivity index (χ3v) is 1.67. The molecule has 0 saturated carbocycles. The highest BCUT2D eigenvalue weighted by atomic mass is 16.8. The molecule has 0 radical (unpaired) electrons. The molecule has 21 heavy (non-hydrogen) atoms. The summed E-state index contributed by atoms with van der Waals surface area (Å²) < 4.78 is 18.0. The van der Waals surface area contributed by atoms with Gasteiger partial charge in [0.1, 0.15) is 5.78 Å². The maximum Gasteiger partial charge on any atom is 0.513 e. The van der Waals surface area contributed by atoms with E-state index in [-0.39, 0.29) is 12.6 Å². The van der Waals surface area contributed by atoms with Crippen LogP contribution >= 0.6 is 0 Å². The highest BCUT2D eigenvalue weighted by Crippen LogP contribution is 2.01. The third kappa shape index (κ3) is 11.1. The van der Waals surface area contributed by atoms with Gasteiger partial charge in [-0.3, -0.25) is 0 Å². The van der Waals surface area contributed by atoms with Crippen molar-refractivity contribution in [3.8, 4) is 0 Å². The lowest BCUT2D eigenvalue weighted by atomic mass is 10.2. The molecule has 1 aromatic rings. The molecule has 0 aliphatic rings. The SMILES string of the molecule is CC(C)=O.COCOC(=O)OCOC(=O)c1ccccc1. The summed E-state index contributed by atoms with van der Waals surface area (Å²) >= 11 is 0. The number of carbonyl (C=O) groups is 3. The van der Waals surface area contributed by atoms with Crippen LogP contribution in [-0.4, -0.2) is 38.6 Å². The molecule has 0 unspecified atom stereocenters. The number of ether oxygens (including phenoxy) is 4. The molecule has 0 aliphatic carbocycles. The number of hydrogen-bond donors (Lipinski definition) is 0. The standard InChI is InChI=1S/C11H12O6.C3H6O/c1-14-7-16-11(13)17-8-15-10(12)9-5-3-2-4-6-9;1-3(2)4/h2-6H,7-8H2,1H3;1-2H3. The first-order valence-corrected chi connectivity index (χ1v) is 5.95. The van der Waals surface area contributed by atoms with Crippen LogP contribution in [0.25, 0.3) is 0 Å². The second kappa shape index (κ2) is 11.4. The molecular formula is C14H18O7. The average Bonchev–Trinajstić information content (AvgIpc) is 2.45. The molecule has 0 spiro atoms. The fourth-order valence-electron chi connectivity index (χ4n) is 0.937. The second-order valence-electron chi connectivity index (χ2n) is 3.77. The number of hydrogen-bond acceptors (Lipinski definition) is 7. The molecule has 1 rings (SSSR count). The van der Waals surface area contributed by atoms with E-state index < -0.39 is 18.9 Å². The van der Waals surface area contributed by atoms with E-state index in [1.165, 1.54) is 21.0 Å². The third-order valence-electron chi connectivity index (χ3n) is 1.67. The van der Waals surface area contributed by atoms with Crippen molar-refractivity contribution in [3.63, 3.8) is 0 Å². The predicted molar refractivity (Wildman–Crippen MR) is 72.5 cm³/mol. The van der Waals surface area contributed by atoms with Crippen molar-refractivity contribution in [2.75, 3.05) is 20.7 Å². The summed E-state index contributed by atoms with van der Waals surface area (Å²) in [5, 5.41) is 0. The van der Waals surface area contributed by atoms with Gasteiger partial charge in [0, 0.05) is 7.11 Å². The molecule has 0 bridgehead atoms. The number of methoxy groups -OCH3 is 1. The first-order valence-electron chi connectivity index (χ1n) is 5.95. The number of rotatable bonds is 5. The minimum atomic E-state index is -0.965. The lowest BCUT2D eigenvalue weighted by Gasteiger charge is -2.06. The molecule has 0 amide bonds. The second-order valence-corrected chi connectivity index (χ2v) is 3.77. The number of ketones is 1. The Morgan fingerprint density at radius 2 is 1.43 bits per heavy atom. The van der Waals surface area contributed by atoms with Crippen molar-refractivity contribution in [2.24, 2.45) is 0 Å². The van der Waals surface area contributed by atoms with Crippen LogP contribution < -0.4 is 0 Å². The minimum Gasteiger partial charge on any atom is -0.424 e. The fourth-order valence-corrected chi connectivity index (χ4v) is 0.937. The van der Waals surface area contributed by atoms with Crippen LogP contribution in [0.2, 0.25) is 0 Å². The Hall–Kier alpha value is -2.41. The number of carbonyl (C=O) groups excluding carboxylic acids is 3. The Labute approximate surface area is 122 Å². The van der Waals surface area contributed by atoms with Gasteiger partial charge in [0.05, 0.1) is 5.56 Å². The molecule has 1 aromatic carbocycles. The molecule has 0 heterocycles. The van der Waals surface area contributed by atoms with E-state index in [9.17, 15) is 14.4 Å². The first-order chi connectivity index (χ1) is 9.97. The van der Waals surface area contributed by atoms with Gasteiger partial charge >= 0.3 is 12.1 Å². The van der Waals surface area contributed by atoms with Crippen molar-refractivity contribution >= 4 is 17.9 Å². The lowest BCUT2D eigenvalue weighted by molar-refractivity contribution is -0.115. The normalized spacial score (nSPS) is 8.90. The maximum atomic E-state index is 11.4. The van der Waals surface area contributed by atoms with Crippen molar-refractivity contribution in [1.29, 1.82) is 0 Å². The Morgan fingerprint density at radius 3 is 1.95 bits per heavy atom. The van der Waals surface area contributed by atoms with Crippen LogP contribution in [0.4, 0.5) is 4.79 Å². The molecule has 0 atom stereocenters. The van der Waals surface area contributed by atoms with Crippen molar-refractivity contribution in [2.45, 2.75) is 13.8 Å². The summed E-state index contributed by atoms with van der Waals surface area (Å²) in [5.41, 5.74) is 0.376. The van der Waals surface area contributed by atoms with Crippen molar-refractivity contribution in [3.05, 3.63) is 35.9 Å². The minimum absolute atomic E-state index is 0.167. The molecule has 0 aromatic heterocycles. The van der Waals surface area contributed by atoms with E-state index in [4.69, 9.17) is 0 Å². The molecule has 7 heteroatoms. The Morgan fingerprint density at radius 1 is 0.905 bits per heavy atom. The zero-order chi connectivity index (χ0) is 16.1. The van der Waals surface area contributed by atoms with Gasteiger partial charge in [-0.2, -0.15) is 0 Å². The van der Waals surface area contributed by atoms with Gasteiger partial charge in [0.15, 0.2) is 6.79 Å². The number of esters is 1. The predicted octanol–water partition coefficient (Wildman–Crippen LogP) is 2.15. The Bertz CT molecular complexity index is 438. The molecule has 0 saturated heterocycles.